The van der Waals surface area contributed by atoms with Crippen LogP contribution in [0.3, 0.4) is 0 Å². The lowest BCUT2D eigenvalue weighted by atomic mass is 10.1. The largest absolute Gasteiger partial charge is 0.481 e. The number of aliphatic carboxylic acids is 1. The molecule has 0 aliphatic heterocycles. The molecule has 21 heavy (non-hydrogen) atoms. The summed E-state index contributed by atoms with van der Waals surface area (Å²) in [4.78, 5) is 33.6. The number of hydrogen-bond donors (Lipinski definition) is 4. The van der Waals surface area contributed by atoms with Crippen LogP contribution in [0.15, 0.2) is 24.3 Å². The number of urea groups is 1. The van der Waals surface area contributed by atoms with Crippen LogP contribution in [-0.2, 0) is 4.79 Å². The number of nitrogens with two attached hydrogens (primary N) is 1. The second-order valence-corrected chi connectivity index (χ2v) is 5.09. The van der Waals surface area contributed by atoms with Gasteiger partial charge in [-0.1, -0.05) is 0 Å². The quantitative estimate of drug-likeness (QED) is 0.665. The SMILES string of the molecule is NC(=O)Nc1ccc(C(=O)N[C@H]2CC[C@@H](C(=O)O)C2)cc1. The standard InChI is InChI=1S/C14H17N3O4/c15-14(21)17-10-4-1-8(2-5-10)12(18)16-11-6-3-9(7-11)13(19)20/h1-2,4-5,9,11H,3,6-7H2,(H,16,18)(H,19,20)(H3,15,17,21)/t9-,11+/m1/s1. The lowest BCUT2D eigenvalue weighted by Crippen LogP contribution is -2.33. The van der Waals surface area contributed by atoms with Crippen molar-refractivity contribution in [2.24, 2.45) is 11.7 Å². The van der Waals surface area contributed by atoms with Gasteiger partial charge in [0.25, 0.3) is 5.91 Å². The van der Waals surface area contributed by atoms with Gasteiger partial charge in [-0.25, -0.2) is 4.79 Å². The minimum Gasteiger partial charge on any atom is -0.481 e. The lowest BCUT2D eigenvalue weighted by molar-refractivity contribution is -0.141. The van der Waals surface area contributed by atoms with Crippen molar-refractivity contribution in [1.82, 2.24) is 5.32 Å². The third kappa shape index (κ3) is 3.95. The molecular formula is C14H17N3O4. The van der Waals surface area contributed by atoms with Crippen LogP contribution in [-0.4, -0.2) is 29.1 Å². The average molecular weight is 291 g/mol. The van der Waals surface area contributed by atoms with E-state index in [1.54, 1.807) is 24.3 Å². The van der Waals surface area contributed by atoms with Gasteiger partial charge >= 0.3 is 12.0 Å². The number of carbonyl (C=O) groups excluding carboxylic acids is 2. The van der Waals surface area contributed by atoms with Crippen LogP contribution >= 0.6 is 0 Å². The number of benzene rings is 1. The fourth-order valence-corrected chi connectivity index (χ4v) is 2.45. The number of hydrogen-bond acceptors (Lipinski definition) is 3. The third-order valence-electron chi connectivity index (χ3n) is 3.53. The number of amides is 3. The number of carboxylic acids is 1. The topological polar surface area (TPSA) is 122 Å². The molecule has 0 unspecified atom stereocenters. The molecule has 5 N–H and O–H groups in total. The van der Waals surface area contributed by atoms with Gasteiger partial charge in [0.15, 0.2) is 0 Å². The zero-order valence-corrected chi connectivity index (χ0v) is 11.3. The summed E-state index contributed by atoms with van der Waals surface area (Å²) in [6.45, 7) is 0. The Labute approximate surface area is 121 Å². The highest BCUT2D eigenvalue weighted by atomic mass is 16.4. The molecule has 1 aromatic carbocycles. The average Bonchev–Trinajstić information content (AvgIpc) is 2.87. The number of carbonyl (C=O) groups is 3. The zero-order valence-electron chi connectivity index (χ0n) is 11.3. The minimum absolute atomic E-state index is 0.109. The molecule has 7 nitrogen and oxygen atoms in total. The maximum atomic E-state index is 12.0. The first kappa shape index (κ1) is 14.8. The molecule has 0 saturated heterocycles. The molecule has 0 aromatic heterocycles. The maximum absolute atomic E-state index is 12.0. The molecule has 1 saturated carbocycles. The smallest absolute Gasteiger partial charge is 0.316 e. The first-order chi connectivity index (χ1) is 9.95. The Kier molecular flexibility index (Phi) is 4.42. The van der Waals surface area contributed by atoms with Gasteiger partial charge in [0.1, 0.15) is 0 Å². The molecule has 112 valence electrons. The van der Waals surface area contributed by atoms with Gasteiger partial charge in [-0.15, -0.1) is 0 Å². The summed E-state index contributed by atoms with van der Waals surface area (Å²) in [5.41, 5.74) is 5.94. The predicted octanol–water partition coefficient (Wildman–Crippen LogP) is 1.16. The molecule has 1 aliphatic carbocycles. The van der Waals surface area contributed by atoms with Gasteiger partial charge in [0.05, 0.1) is 5.92 Å². The summed E-state index contributed by atoms with van der Waals surface area (Å²) in [7, 11) is 0. The molecule has 7 heteroatoms. The number of carboxylic acid groups (broad SMARTS) is 1. The van der Waals surface area contributed by atoms with E-state index >= 15 is 0 Å². The molecule has 1 aliphatic rings. The van der Waals surface area contributed by atoms with E-state index in [1.807, 2.05) is 0 Å². The normalized spacial score (nSPS) is 20.8. The van der Waals surface area contributed by atoms with Gasteiger partial charge in [-0.3, -0.25) is 9.59 Å². The van der Waals surface area contributed by atoms with Gasteiger partial charge in [-0.2, -0.15) is 0 Å². The first-order valence-electron chi connectivity index (χ1n) is 6.66. The molecule has 0 radical (unpaired) electrons. The highest BCUT2D eigenvalue weighted by Gasteiger charge is 2.30. The lowest BCUT2D eigenvalue weighted by Gasteiger charge is -2.12. The van der Waals surface area contributed by atoms with Crippen molar-refractivity contribution in [1.29, 1.82) is 0 Å². The van der Waals surface area contributed by atoms with Crippen molar-refractivity contribution in [2.75, 3.05) is 5.32 Å². The Hall–Kier alpha value is -2.57. The molecule has 0 spiro atoms. The van der Waals surface area contributed by atoms with E-state index in [4.69, 9.17) is 10.8 Å². The third-order valence-corrected chi connectivity index (χ3v) is 3.53. The van der Waals surface area contributed by atoms with Gasteiger partial charge in [0, 0.05) is 17.3 Å². The molecular weight excluding hydrogens is 274 g/mol. The second-order valence-electron chi connectivity index (χ2n) is 5.09. The Morgan fingerprint density at radius 2 is 1.81 bits per heavy atom. The van der Waals surface area contributed by atoms with E-state index in [0.29, 0.717) is 30.5 Å². The van der Waals surface area contributed by atoms with E-state index in [1.165, 1.54) is 0 Å². The second kappa shape index (κ2) is 6.25. The van der Waals surface area contributed by atoms with E-state index in [-0.39, 0.29) is 17.9 Å². The molecule has 0 heterocycles. The van der Waals surface area contributed by atoms with Crippen molar-refractivity contribution >= 4 is 23.6 Å². The van der Waals surface area contributed by atoms with Crippen LogP contribution in [0, 0.1) is 5.92 Å². The van der Waals surface area contributed by atoms with Gasteiger partial charge < -0.3 is 21.5 Å². The highest BCUT2D eigenvalue weighted by Crippen LogP contribution is 2.25. The maximum Gasteiger partial charge on any atom is 0.316 e. The van der Waals surface area contributed by atoms with Gasteiger partial charge in [-0.05, 0) is 43.5 Å². The Bertz CT molecular complexity index is 556. The molecule has 3 amide bonds. The summed E-state index contributed by atoms with van der Waals surface area (Å²) in [5, 5.41) is 14.2. The predicted molar refractivity (Wildman–Crippen MR) is 75.9 cm³/mol. The van der Waals surface area contributed by atoms with Crippen LogP contribution in [0.1, 0.15) is 29.6 Å². The van der Waals surface area contributed by atoms with E-state index < -0.39 is 12.0 Å². The number of rotatable bonds is 4. The van der Waals surface area contributed by atoms with Crippen molar-refractivity contribution < 1.29 is 19.5 Å². The van der Waals surface area contributed by atoms with Crippen molar-refractivity contribution in [2.45, 2.75) is 25.3 Å². The fourth-order valence-electron chi connectivity index (χ4n) is 2.45. The van der Waals surface area contributed by atoms with Crippen LogP contribution in [0.2, 0.25) is 0 Å². The number of nitrogens with one attached hydrogen (secondary N) is 2. The molecule has 1 aromatic rings. The zero-order chi connectivity index (χ0) is 15.4. The molecule has 0 bridgehead atoms. The van der Waals surface area contributed by atoms with Crippen LogP contribution < -0.4 is 16.4 Å². The van der Waals surface area contributed by atoms with Crippen molar-refractivity contribution in [3.63, 3.8) is 0 Å². The Morgan fingerprint density at radius 3 is 2.33 bits per heavy atom. The van der Waals surface area contributed by atoms with E-state index in [2.05, 4.69) is 10.6 Å². The van der Waals surface area contributed by atoms with Crippen molar-refractivity contribution in [3.8, 4) is 0 Å². The van der Waals surface area contributed by atoms with Crippen LogP contribution in [0.25, 0.3) is 0 Å². The monoisotopic (exact) mass is 291 g/mol. The number of anilines is 1. The summed E-state index contributed by atoms with van der Waals surface area (Å²) >= 11 is 0. The fraction of sp³-hybridized carbons (Fsp3) is 0.357. The summed E-state index contributed by atoms with van der Waals surface area (Å²) in [5.74, 6) is -1.44. The first-order valence-corrected chi connectivity index (χ1v) is 6.66. The van der Waals surface area contributed by atoms with Gasteiger partial charge in [0.2, 0.25) is 0 Å². The van der Waals surface area contributed by atoms with Crippen LogP contribution in [0.4, 0.5) is 10.5 Å². The van der Waals surface area contributed by atoms with E-state index in [9.17, 15) is 14.4 Å². The molecule has 2 atom stereocenters. The number of primary amides is 1. The summed E-state index contributed by atoms with van der Waals surface area (Å²) < 4.78 is 0. The Balaban J connectivity index is 1.92. The summed E-state index contributed by atoms with van der Waals surface area (Å²) in [6, 6.07) is 5.52. The molecule has 1 fully saturated rings. The highest BCUT2D eigenvalue weighted by molar-refractivity contribution is 5.95. The summed E-state index contributed by atoms with van der Waals surface area (Å²) in [6.07, 6.45) is 1.72. The van der Waals surface area contributed by atoms with Crippen LogP contribution in [0.5, 0.6) is 0 Å². The Morgan fingerprint density at radius 1 is 1.14 bits per heavy atom. The minimum atomic E-state index is -0.811. The molecule has 2 rings (SSSR count). The van der Waals surface area contributed by atoms with E-state index in [0.717, 1.165) is 0 Å². The van der Waals surface area contributed by atoms with Crippen molar-refractivity contribution in [3.05, 3.63) is 29.8 Å².